The number of halogens is 2. The highest BCUT2D eigenvalue weighted by Crippen LogP contribution is 2.63. The number of hydrogen-bond donors (Lipinski definition) is 1. The molecule has 1 saturated carbocycles. The molecule has 2 aromatic carbocycles. The van der Waals surface area contributed by atoms with Crippen molar-refractivity contribution < 1.29 is 13.2 Å². The second-order valence-electron chi connectivity index (χ2n) is 6.52. The molecule has 0 radical (unpaired) electrons. The maximum Gasteiger partial charge on any atom is 0.182 e. The number of sulfone groups is 1. The minimum Gasteiger partial charge on any atom is -0.381 e. The van der Waals surface area contributed by atoms with E-state index in [1.165, 1.54) is 12.1 Å². The van der Waals surface area contributed by atoms with E-state index in [0.29, 0.717) is 23.3 Å². The molecule has 7 heteroatoms. The van der Waals surface area contributed by atoms with Gasteiger partial charge >= 0.3 is 0 Å². The number of ether oxygens (including phenoxy) is 1. The van der Waals surface area contributed by atoms with Gasteiger partial charge < -0.3 is 10.5 Å². The lowest BCUT2D eigenvalue weighted by molar-refractivity contribution is 0.101. The van der Waals surface area contributed by atoms with Gasteiger partial charge in [0, 0.05) is 34.5 Å². The van der Waals surface area contributed by atoms with Crippen molar-refractivity contribution >= 4 is 33.0 Å². The Bertz CT molecular complexity index is 869. The third-order valence-corrected chi connectivity index (χ3v) is 7.88. The van der Waals surface area contributed by atoms with E-state index in [2.05, 4.69) is 0 Å². The van der Waals surface area contributed by atoms with Gasteiger partial charge in [0.2, 0.25) is 0 Å². The van der Waals surface area contributed by atoms with Gasteiger partial charge in [-0.15, -0.1) is 0 Å². The van der Waals surface area contributed by atoms with Crippen LogP contribution in [0.1, 0.15) is 18.4 Å². The van der Waals surface area contributed by atoms with Crippen LogP contribution in [0.4, 0.5) is 0 Å². The van der Waals surface area contributed by atoms with Gasteiger partial charge in [0.05, 0.1) is 16.8 Å². The number of nitrogens with two attached hydrogens (primary N) is 1. The van der Waals surface area contributed by atoms with Crippen LogP contribution in [0.2, 0.25) is 10.0 Å². The van der Waals surface area contributed by atoms with E-state index in [1.807, 2.05) is 19.1 Å². The highest BCUT2D eigenvalue weighted by molar-refractivity contribution is 7.92. The average molecular weight is 414 g/mol. The van der Waals surface area contributed by atoms with Gasteiger partial charge in [-0.1, -0.05) is 35.3 Å². The lowest BCUT2D eigenvalue weighted by atomic mass is 10.00. The molecule has 1 aliphatic rings. The molecule has 1 aliphatic carbocycles. The first-order chi connectivity index (χ1) is 12.4. The van der Waals surface area contributed by atoms with Crippen molar-refractivity contribution in [1.29, 1.82) is 0 Å². The molecule has 2 aromatic rings. The van der Waals surface area contributed by atoms with Gasteiger partial charge in [0.1, 0.15) is 0 Å². The first-order valence-corrected chi connectivity index (χ1v) is 10.7. The van der Waals surface area contributed by atoms with Crippen LogP contribution in [-0.4, -0.2) is 33.4 Å². The van der Waals surface area contributed by atoms with Crippen molar-refractivity contribution in [1.82, 2.24) is 0 Å². The second-order valence-corrected chi connectivity index (χ2v) is 9.47. The van der Waals surface area contributed by atoms with Crippen molar-refractivity contribution in [3.05, 3.63) is 64.1 Å². The van der Waals surface area contributed by atoms with E-state index in [9.17, 15) is 8.42 Å². The van der Waals surface area contributed by atoms with Crippen LogP contribution in [0.3, 0.4) is 0 Å². The summed E-state index contributed by atoms with van der Waals surface area (Å²) in [6.45, 7) is 2.90. The molecule has 26 heavy (non-hydrogen) atoms. The van der Waals surface area contributed by atoms with Gasteiger partial charge in [-0.25, -0.2) is 8.42 Å². The molecule has 140 valence electrons. The highest BCUT2D eigenvalue weighted by Gasteiger charge is 2.70. The Morgan fingerprint density at radius 2 is 1.58 bits per heavy atom. The summed E-state index contributed by atoms with van der Waals surface area (Å²) in [6, 6.07) is 13.5. The summed E-state index contributed by atoms with van der Waals surface area (Å²) in [5.41, 5.74) is 6.32. The average Bonchev–Trinajstić information content (AvgIpc) is 3.31. The first-order valence-electron chi connectivity index (χ1n) is 8.39. The number of hydrogen-bond acceptors (Lipinski definition) is 4. The molecule has 0 aromatic heterocycles. The van der Waals surface area contributed by atoms with Crippen LogP contribution in [0.5, 0.6) is 0 Å². The van der Waals surface area contributed by atoms with Crippen molar-refractivity contribution in [3.8, 4) is 0 Å². The first kappa shape index (κ1) is 19.6. The minimum atomic E-state index is -3.59. The van der Waals surface area contributed by atoms with Gasteiger partial charge in [0.15, 0.2) is 9.84 Å². The second kappa shape index (κ2) is 7.49. The summed E-state index contributed by atoms with van der Waals surface area (Å²) in [5.74, 6) is -0.239. The summed E-state index contributed by atoms with van der Waals surface area (Å²) in [7, 11) is -3.59. The highest BCUT2D eigenvalue weighted by atomic mass is 35.5. The summed E-state index contributed by atoms with van der Waals surface area (Å²) in [4.78, 5) is 0.248. The Hall–Kier alpha value is -1.11. The van der Waals surface area contributed by atoms with Crippen LogP contribution in [0.15, 0.2) is 53.4 Å². The largest absolute Gasteiger partial charge is 0.381 e. The lowest BCUT2D eigenvalue weighted by Gasteiger charge is -2.16. The Kier molecular flexibility index (Phi) is 5.66. The normalized spacial score (nSPS) is 25.2. The summed E-state index contributed by atoms with van der Waals surface area (Å²) >= 11 is 11.9. The molecular weight excluding hydrogens is 393 g/mol. The summed E-state index contributed by atoms with van der Waals surface area (Å²) in [6.07, 6.45) is 0. The molecule has 0 unspecified atom stereocenters. The van der Waals surface area contributed by atoms with E-state index in [1.54, 1.807) is 24.3 Å². The van der Waals surface area contributed by atoms with Crippen LogP contribution in [0, 0.1) is 5.41 Å². The van der Waals surface area contributed by atoms with Crippen LogP contribution >= 0.6 is 23.2 Å². The molecule has 0 spiro atoms. The third-order valence-electron chi connectivity index (χ3n) is 5.04. The van der Waals surface area contributed by atoms with Crippen molar-refractivity contribution in [3.63, 3.8) is 0 Å². The molecule has 0 aliphatic heterocycles. The van der Waals surface area contributed by atoms with Crippen LogP contribution in [0.25, 0.3) is 0 Å². The van der Waals surface area contributed by atoms with Crippen LogP contribution in [-0.2, 0) is 14.6 Å². The summed E-state index contributed by atoms with van der Waals surface area (Å²) < 4.78 is 32.2. The zero-order valence-corrected chi connectivity index (χ0v) is 16.7. The Balaban J connectivity index is 2.03. The fourth-order valence-corrected chi connectivity index (χ4v) is 6.35. The fourth-order valence-electron chi connectivity index (χ4n) is 3.66. The minimum absolute atomic E-state index is 0.220. The predicted molar refractivity (Wildman–Crippen MR) is 105 cm³/mol. The molecule has 4 nitrogen and oxygen atoms in total. The maximum absolute atomic E-state index is 13.3. The van der Waals surface area contributed by atoms with Crippen molar-refractivity contribution in [2.24, 2.45) is 11.1 Å². The van der Waals surface area contributed by atoms with E-state index >= 15 is 0 Å². The molecule has 0 bridgehead atoms. The maximum atomic E-state index is 13.3. The SMILES string of the molecule is CCOC[C@]1(CN)[C@H](c2ccc(Cl)cc2)[C@H]1S(=O)(=O)c1ccc(Cl)cc1. The van der Waals surface area contributed by atoms with Gasteiger partial charge in [0.25, 0.3) is 0 Å². The fraction of sp³-hybridized carbons (Fsp3) is 0.368. The Morgan fingerprint density at radius 1 is 1.04 bits per heavy atom. The standard InChI is InChI=1S/C19H21Cl2NO3S/c1-2-25-12-19(11-22)17(13-3-5-14(20)6-4-13)18(19)26(23,24)16-9-7-15(21)8-10-16/h3-10,17-18H,2,11-12,22H2,1H3/t17-,18-,19-/m1/s1. The van der Waals surface area contributed by atoms with E-state index < -0.39 is 20.5 Å². The van der Waals surface area contributed by atoms with E-state index in [4.69, 9.17) is 33.7 Å². The van der Waals surface area contributed by atoms with E-state index in [-0.39, 0.29) is 17.4 Å². The number of benzene rings is 2. The van der Waals surface area contributed by atoms with Gasteiger partial charge in [-0.05, 0) is 48.9 Å². The topological polar surface area (TPSA) is 69.4 Å². The molecular formula is C19H21Cl2NO3S. The Labute approximate surface area is 164 Å². The van der Waals surface area contributed by atoms with Gasteiger partial charge in [-0.2, -0.15) is 0 Å². The van der Waals surface area contributed by atoms with E-state index in [0.717, 1.165) is 5.56 Å². The third kappa shape index (κ3) is 3.39. The smallest absolute Gasteiger partial charge is 0.182 e. The molecule has 0 saturated heterocycles. The molecule has 2 N–H and O–H groups in total. The molecule has 3 rings (SSSR count). The molecule has 1 fully saturated rings. The Morgan fingerprint density at radius 3 is 2.08 bits per heavy atom. The van der Waals surface area contributed by atoms with Crippen LogP contribution < -0.4 is 5.73 Å². The molecule has 3 atom stereocenters. The van der Waals surface area contributed by atoms with Crippen molar-refractivity contribution in [2.45, 2.75) is 23.0 Å². The molecule has 0 amide bonds. The predicted octanol–water partition coefficient (Wildman–Crippen LogP) is 3.91. The molecule has 0 heterocycles. The zero-order valence-electron chi connectivity index (χ0n) is 14.4. The number of rotatable bonds is 7. The zero-order chi connectivity index (χ0) is 18.9. The lowest BCUT2D eigenvalue weighted by Crippen LogP contribution is -2.29. The summed E-state index contributed by atoms with van der Waals surface area (Å²) in [5, 5.41) is 0.456. The quantitative estimate of drug-likeness (QED) is 0.746. The monoisotopic (exact) mass is 413 g/mol. The van der Waals surface area contributed by atoms with Crippen molar-refractivity contribution in [2.75, 3.05) is 19.8 Å². The van der Waals surface area contributed by atoms with Gasteiger partial charge in [-0.3, -0.25) is 0 Å².